The fraction of sp³-hybridized carbons (Fsp3) is 0.538. The lowest BCUT2D eigenvalue weighted by molar-refractivity contribution is 0.0908. The van der Waals surface area contributed by atoms with Gasteiger partial charge in [-0.3, -0.25) is 4.79 Å². The van der Waals surface area contributed by atoms with Crippen LogP contribution in [0.4, 0.5) is 5.82 Å². The Hall–Kier alpha value is -1.58. The van der Waals surface area contributed by atoms with E-state index in [1.54, 1.807) is 12.3 Å². The molecule has 2 rings (SSSR count). The number of rotatable bonds is 3. The molecule has 0 unspecified atom stereocenters. The minimum absolute atomic E-state index is 0.0236. The molecular formula is C13H19N3O. The monoisotopic (exact) mass is 233 g/mol. The molecule has 0 bridgehead atoms. The Kier molecular flexibility index (Phi) is 3.31. The van der Waals surface area contributed by atoms with Crippen molar-refractivity contribution in [2.24, 2.45) is 0 Å². The molecule has 17 heavy (non-hydrogen) atoms. The van der Waals surface area contributed by atoms with Gasteiger partial charge in [0.25, 0.3) is 5.91 Å². The highest BCUT2D eigenvalue weighted by molar-refractivity contribution is 5.94. The highest BCUT2D eigenvalue weighted by atomic mass is 16.1. The molecule has 1 fully saturated rings. The van der Waals surface area contributed by atoms with Crippen molar-refractivity contribution in [1.82, 2.24) is 10.3 Å². The van der Waals surface area contributed by atoms with E-state index in [-0.39, 0.29) is 11.4 Å². The predicted octanol–water partition coefficient (Wildman–Crippen LogP) is 2.19. The standard InChI is InChI=1S/C13H19N3O/c1-13(7-3-4-8-13)16-12(17)10-5-6-11(14-2)15-9-10/h5-6,9H,3-4,7-8H2,1-2H3,(H,14,15)(H,16,17). The van der Waals surface area contributed by atoms with Crippen LogP contribution in [0, 0.1) is 0 Å². The van der Waals surface area contributed by atoms with Crippen LogP contribution in [0.25, 0.3) is 0 Å². The highest BCUT2D eigenvalue weighted by Gasteiger charge is 2.30. The van der Waals surface area contributed by atoms with E-state index in [2.05, 4.69) is 22.5 Å². The topological polar surface area (TPSA) is 54.0 Å². The summed E-state index contributed by atoms with van der Waals surface area (Å²) in [7, 11) is 1.81. The van der Waals surface area contributed by atoms with Crippen LogP contribution in [0.5, 0.6) is 0 Å². The Labute approximate surface area is 102 Å². The normalized spacial score (nSPS) is 17.8. The minimum atomic E-state index is -0.0290. The van der Waals surface area contributed by atoms with Crippen molar-refractivity contribution in [3.8, 4) is 0 Å². The van der Waals surface area contributed by atoms with E-state index in [0.717, 1.165) is 18.7 Å². The van der Waals surface area contributed by atoms with Crippen molar-refractivity contribution in [1.29, 1.82) is 0 Å². The van der Waals surface area contributed by atoms with E-state index in [1.165, 1.54) is 12.8 Å². The summed E-state index contributed by atoms with van der Waals surface area (Å²) >= 11 is 0. The van der Waals surface area contributed by atoms with E-state index in [1.807, 2.05) is 13.1 Å². The van der Waals surface area contributed by atoms with Gasteiger partial charge in [0.05, 0.1) is 5.56 Å². The van der Waals surface area contributed by atoms with Gasteiger partial charge in [0.1, 0.15) is 5.82 Å². The number of hydrogen-bond acceptors (Lipinski definition) is 3. The fourth-order valence-corrected chi connectivity index (χ4v) is 2.30. The van der Waals surface area contributed by atoms with Crippen LogP contribution in [-0.2, 0) is 0 Å². The number of pyridine rings is 1. The lowest BCUT2D eigenvalue weighted by atomic mass is 10.0. The largest absolute Gasteiger partial charge is 0.373 e. The number of aromatic nitrogens is 1. The van der Waals surface area contributed by atoms with Gasteiger partial charge in [-0.1, -0.05) is 12.8 Å². The number of carbonyl (C=O) groups excluding carboxylic acids is 1. The molecule has 0 aromatic carbocycles. The number of nitrogens with one attached hydrogen (secondary N) is 2. The molecule has 1 saturated carbocycles. The first-order chi connectivity index (χ1) is 8.13. The summed E-state index contributed by atoms with van der Waals surface area (Å²) in [6.07, 6.45) is 6.16. The highest BCUT2D eigenvalue weighted by Crippen LogP contribution is 2.29. The molecule has 1 aliphatic rings. The molecule has 0 aliphatic heterocycles. The molecule has 0 saturated heterocycles. The number of anilines is 1. The van der Waals surface area contributed by atoms with Crippen molar-refractivity contribution < 1.29 is 4.79 Å². The zero-order valence-electron chi connectivity index (χ0n) is 10.4. The quantitative estimate of drug-likeness (QED) is 0.841. The molecule has 0 radical (unpaired) electrons. The SMILES string of the molecule is CNc1ccc(C(=O)NC2(C)CCCC2)cn1. The van der Waals surface area contributed by atoms with Crippen LogP contribution in [0.3, 0.4) is 0 Å². The maximum atomic E-state index is 12.0. The second-order valence-corrected chi connectivity index (χ2v) is 4.90. The van der Waals surface area contributed by atoms with Gasteiger partial charge in [-0.25, -0.2) is 4.98 Å². The van der Waals surface area contributed by atoms with Gasteiger partial charge in [-0.15, -0.1) is 0 Å². The smallest absolute Gasteiger partial charge is 0.253 e. The Balaban J connectivity index is 2.03. The summed E-state index contributed by atoms with van der Waals surface area (Å²) in [6, 6.07) is 3.61. The molecule has 1 aliphatic carbocycles. The van der Waals surface area contributed by atoms with Crippen molar-refractivity contribution in [2.75, 3.05) is 12.4 Å². The first kappa shape index (κ1) is 11.9. The maximum Gasteiger partial charge on any atom is 0.253 e. The van der Waals surface area contributed by atoms with Crippen LogP contribution in [0.15, 0.2) is 18.3 Å². The molecule has 1 aromatic heterocycles. The zero-order valence-corrected chi connectivity index (χ0v) is 10.4. The molecule has 92 valence electrons. The summed E-state index contributed by atoms with van der Waals surface area (Å²) in [5.41, 5.74) is 0.593. The van der Waals surface area contributed by atoms with E-state index in [0.29, 0.717) is 5.56 Å². The third-order valence-corrected chi connectivity index (χ3v) is 3.40. The van der Waals surface area contributed by atoms with Crippen molar-refractivity contribution in [3.63, 3.8) is 0 Å². The third-order valence-electron chi connectivity index (χ3n) is 3.40. The summed E-state index contributed by atoms with van der Waals surface area (Å²) in [5, 5.41) is 6.04. The van der Waals surface area contributed by atoms with Crippen LogP contribution >= 0.6 is 0 Å². The average molecular weight is 233 g/mol. The lowest BCUT2D eigenvalue weighted by Crippen LogP contribution is -2.43. The first-order valence-electron chi connectivity index (χ1n) is 6.09. The summed E-state index contributed by atoms with van der Waals surface area (Å²) in [4.78, 5) is 16.2. The minimum Gasteiger partial charge on any atom is -0.373 e. The number of hydrogen-bond donors (Lipinski definition) is 2. The molecule has 2 N–H and O–H groups in total. The second-order valence-electron chi connectivity index (χ2n) is 4.90. The lowest BCUT2D eigenvalue weighted by Gasteiger charge is -2.25. The molecule has 1 amide bonds. The van der Waals surface area contributed by atoms with Crippen molar-refractivity contribution in [2.45, 2.75) is 38.1 Å². The van der Waals surface area contributed by atoms with Crippen molar-refractivity contribution in [3.05, 3.63) is 23.9 Å². The summed E-state index contributed by atoms with van der Waals surface area (Å²) in [6.45, 7) is 2.12. The van der Waals surface area contributed by atoms with Gasteiger partial charge in [-0.2, -0.15) is 0 Å². The van der Waals surface area contributed by atoms with E-state index in [4.69, 9.17) is 0 Å². The molecule has 0 atom stereocenters. The van der Waals surface area contributed by atoms with Crippen molar-refractivity contribution >= 4 is 11.7 Å². The number of amides is 1. The Morgan fingerprint density at radius 3 is 2.59 bits per heavy atom. The van der Waals surface area contributed by atoms with Crippen LogP contribution in [0.1, 0.15) is 43.0 Å². The Morgan fingerprint density at radius 1 is 1.35 bits per heavy atom. The number of carbonyl (C=O) groups is 1. The zero-order chi connectivity index (χ0) is 12.3. The maximum absolute atomic E-state index is 12.0. The van der Waals surface area contributed by atoms with E-state index in [9.17, 15) is 4.79 Å². The first-order valence-corrected chi connectivity index (χ1v) is 6.09. The van der Waals surface area contributed by atoms with E-state index >= 15 is 0 Å². The summed E-state index contributed by atoms with van der Waals surface area (Å²) < 4.78 is 0. The van der Waals surface area contributed by atoms with Crippen LogP contribution in [-0.4, -0.2) is 23.5 Å². The molecule has 0 spiro atoms. The van der Waals surface area contributed by atoms with Gasteiger partial charge < -0.3 is 10.6 Å². The van der Waals surface area contributed by atoms with E-state index < -0.39 is 0 Å². The predicted molar refractivity (Wildman–Crippen MR) is 68.1 cm³/mol. The van der Waals surface area contributed by atoms with Crippen LogP contribution < -0.4 is 10.6 Å². The Bertz CT molecular complexity index is 394. The molecular weight excluding hydrogens is 214 g/mol. The molecule has 1 aromatic rings. The third kappa shape index (κ3) is 2.75. The van der Waals surface area contributed by atoms with Gasteiger partial charge in [0, 0.05) is 18.8 Å². The van der Waals surface area contributed by atoms with Gasteiger partial charge in [0.2, 0.25) is 0 Å². The van der Waals surface area contributed by atoms with Gasteiger partial charge in [0.15, 0.2) is 0 Å². The Morgan fingerprint density at radius 2 is 2.06 bits per heavy atom. The number of nitrogens with zero attached hydrogens (tertiary/aromatic N) is 1. The van der Waals surface area contributed by atoms with Gasteiger partial charge in [-0.05, 0) is 31.9 Å². The molecule has 1 heterocycles. The van der Waals surface area contributed by atoms with Gasteiger partial charge >= 0.3 is 0 Å². The molecule has 4 heteroatoms. The molecule has 4 nitrogen and oxygen atoms in total. The summed E-state index contributed by atoms with van der Waals surface area (Å²) in [5.74, 6) is 0.748. The fourth-order valence-electron chi connectivity index (χ4n) is 2.30. The second kappa shape index (κ2) is 4.73. The average Bonchev–Trinajstić information content (AvgIpc) is 2.76. The van der Waals surface area contributed by atoms with Crippen LogP contribution in [0.2, 0.25) is 0 Å².